The van der Waals surface area contributed by atoms with Gasteiger partial charge < -0.3 is 0 Å². The largest absolute Gasteiger partial charge is 0.147 e. The molecule has 0 aliphatic heterocycles. The quantitative estimate of drug-likeness (QED) is 0.517. The van der Waals surface area contributed by atoms with Gasteiger partial charge in [0, 0.05) is 0 Å². The molecule has 0 aliphatic rings. The maximum Gasteiger partial charge on any atom is 0.0652 e. The van der Waals surface area contributed by atoms with E-state index in [2.05, 4.69) is 6.92 Å². The van der Waals surface area contributed by atoms with Crippen LogP contribution in [0.25, 0.3) is 0 Å². The van der Waals surface area contributed by atoms with Gasteiger partial charge in [-0.15, -0.1) is 24.8 Å². The van der Waals surface area contributed by atoms with E-state index in [1.807, 2.05) is 0 Å². The summed E-state index contributed by atoms with van der Waals surface area (Å²) in [5.41, 5.74) is 0. The molecule has 0 fully saturated rings. The van der Waals surface area contributed by atoms with Gasteiger partial charge >= 0.3 is 0 Å². The second-order valence-electron chi connectivity index (χ2n) is 1.14. The van der Waals surface area contributed by atoms with Crippen LogP contribution in [0, 0.1) is 0 Å². The molecular weight excluding hydrogens is 130 g/mol. The van der Waals surface area contributed by atoms with Gasteiger partial charge in [0.1, 0.15) is 0 Å². The van der Waals surface area contributed by atoms with E-state index >= 15 is 0 Å². The molecule has 2 radical (unpaired) electrons. The van der Waals surface area contributed by atoms with Gasteiger partial charge in [0.2, 0.25) is 0 Å². The Bertz CT molecular complexity index is 17.2. The van der Waals surface area contributed by atoms with Crippen LogP contribution in [0.5, 0.6) is 0 Å². The van der Waals surface area contributed by atoms with Crippen molar-refractivity contribution >= 4 is 32.7 Å². The zero-order valence-electron chi connectivity index (χ0n) is 4.52. The highest BCUT2D eigenvalue weighted by molar-refractivity contribution is 6.08. The van der Waals surface area contributed by atoms with Crippen LogP contribution >= 0.6 is 24.8 Å². The predicted molar refractivity (Wildman–Crippen MR) is 40.0 cm³/mol. The van der Waals surface area contributed by atoms with Crippen LogP contribution in [-0.4, -0.2) is 7.85 Å². The summed E-state index contributed by atoms with van der Waals surface area (Å²) in [4.78, 5) is 0. The van der Waals surface area contributed by atoms with Crippen molar-refractivity contribution in [3.05, 3.63) is 0 Å². The van der Waals surface area contributed by atoms with E-state index < -0.39 is 0 Å². The molecule has 0 unspecified atom stereocenters. The first-order valence-corrected chi connectivity index (χ1v) is 2.12. The predicted octanol–water partition coefficient (Wildman–Crippen LogP) is 2.22. The smallest absolute Gasteiger partial charge is 0.0652 e. The fourth-order valence-corrected chi connectivity index (χ4v) is 0.204. The lowest BCUT2D eigenvalue weighted by Gasteiger charge is -1.79. The van der Waals surface area contributed by atoms with E-state index in [4.69, 9.17) is 7.85 Å². The first-order chi connectivity index (χ1) is 2.41. The normalized spacial score (nSPS) is 5.86. The fourth-order valence-electron chi connectivity index (χ4n) is 0.204. The van der Waals surface area contributed by atoms with Crippen molar-refractivity contribution < 1.29 is 0 Å². The fraction of sp³-hybridized carbons (Fsp3) is 1.00. The molecular formula is C4H11BCl2. The van der Waals surface area contributed by atoms with Gasteiger partial charge in [-0.05, 0) is 0 Å². The lowest BCUT2D eigenvalue weighted by molar-refractivity contribution is 0.884. The average molecular weight is 141 g/mol. The third kappa shape index (κ3) is 20.5. The van der Waals surface area contributed by atoms with Crippen LogP contribution in [0.3, 0.4) is 0 Å². The number of hydrogen-bond donors (Lipinski definition) is 0. The summed E-state index contributed by atoms with van der Waals surface area (Å²) in [5.74, 6) is 0. The maximum atomic E-state index is 5.14. The Hall–Kier alpha value is 0.645. The summed E-state index contributed by atoms with van der Waals surface area (Å²) < 4.78 is 0. The molecule has 0 bridgehead atoms. The molecule has 7 heavy (non-hydrogen) atoms. The Labute approximate surface area is 59.3 Å². The van der Waals surface area contributed by atoms with E-state index in [1.54, 1.807) is 0 Å². The molecule has 0 aromatic heterocycles. The van der Waals surface area contributed by atoms with Gasteiger partial charge in [0.25, 0.3) is 0 Å². The third-order valence-electron chi connectivity index (χ3n) is 0.558. The molecule has 0 spiro atoms. The van der Waals surface area contributed by atoms with Gasteiger partial charge in [-0.2, -0.15) is 0 Å². The van der Waals surface area contributed by atoms with Crippen molar-refractivity contribution in [3.63, 3.8) is 0 Å². The van der Waals surface area contributed by atoms with Gasteiger partial charge in [0.05, 0.1) is 7.85 Å². The van der Waals surface area contributed by atoms with E-state index in [0.717, 1.165) is 6.32 Å². The van der Waals surface area contributed by atoms with Crippen LogP contribution in [-0.2, 0) is 0 Å². The van der Waals surface area contributed by atoms with Gasteiger partial charge in [-0.3, -0.25) is 0 Å². The van der Waals surface area contributed by atoms with Crippen molar-refractivity contribution in [1.82, 2.24) is 0 Å². The standard InChI is InChI=1S/C4H9B.2ClH/c1-2-3-4-5;;/h2-4H2,1H3;2*1H. The van der Waals surface area contributed by atoms with Crippen LogP contribution in [0.2, 0.25) is 6.32 Å². The number of hydrogen-bond acceptors (Lipinski definition) is 0. The van der Waals surface area contributed by atoms with Crippen molar-refractivity contribution in [3.8, 4) is 0 Å². The van der Waals surface area contributed by atoms with Crippen LogP contribution in [0.1, 0.15) is 19.8 Å². The first-order valence-electron chi connectivity index (χ1n) is 2.12. The highest BCUT2D eigenvalue weighted by Crippen LogP contribution is 1.86. The van der Waals surface area contributed by atoms with Gasteiger partial charge in [0.15, 0.2) is 0 Å². The van der Waals surface area contributed by atoms with Crippen molar-refractivity contribution in [1.29, 1.82) is 0 Å². The maximum absolute atomic E-state index is 5.14. The molecule has 0 heterocycles. The van der Waals surface area contributed by atoms with Crippen molar-refractivity contribution in [2.24, 2.45) is 0 Å². The average Bonchev–Trinajstić information content (AvgIpc) is 1.41. The third-order valence-corrected chi connectivity index (χ3v) is 0.558. The zero-order valence-corrected chi connectivity index (χ0v) is 6.15. The Balaban J connectivity index is -0.0000000800. The lowest BCUT2D eigenvalue weighted by atomic mass is 10.0. The minimum Gasteiger partial charge on any atom is -0.147 e. The number of rotatable bonds is 2. The van der Waals surface area contributed by atoms with E-state index in [-0.39, 0.29) is 24.8 Å². The summed E-state index contributed by atoms with van der Waals surface area (Å²) in [6, 6.07) is 0. The molecule has 0 nitrogen and oxygen atoms in total. The Morgan fingerprint density at radius 3 is 1.71 bits per heavy atom. The van der Waals surface area contributed by atoms with E-state index in [0.29, 0.717) is 0 Å². The molecule has 0 atom stereocenters. The van der Waals surface area contributed by atoms with Crippen LogP contribution < -0.4 is 0 Å². The molecule has 0 N–H and O–H groups in total. The lowest BCUT2D eigenvalue weighted by Crippen LogP contribution is -1.63. The molecule has 0 aliphatic carbocycles. The molecule has 0 saturated carbocycles. The van der Waals surface area contributed by atoms with Crippen LogP contribution in [0.4, 0.5) is 0 Å². The summed E-state index contributed by atoms with van der Waals surface area (Å²) >= 11 is 0. The second-order valence-corrected chi connectivity index (χ2v) is 1.14. The van der Waals surface area contributed by atoms with Crippen molar-refractivity contribution in [2.45, 2.75) is 26.1 Å². The summed E-state index contributed by atoms with van der Waals surface area (Å²) in [7, 11) is 5.14. The minimum absolute atomic E-state index is 0. The highest BCUT2D eigenvalue weighted by Gasteiger charge is 1.68. The van der Waals surface area contributed by atoms with Crippen molar-refractivity contribution in [2.75, 3.05) is 0 Å². The van der Waals surface area contributed by atoms with Gasteiger partial charge in [-0.25, -0.2) is 0 Å². The summed E-state index contributed by atoms with van der Waals surface area (Å²) in [5, 5.41) is 0. The van der Waals surface area contributed by atoms with E-state index in [1.165, 1.54) is 12.8 Å². The minimum atomic E-state index is 0. The molecule has 0 amide bonds. The molecule has 0 aromatic rings. The SMILES string of the molecule is Cl.Cl.[B]CCCC. The molecule has 3 heteroatoms. The van der Waals surface area contributed by atoms with Crippen LogP contribution in [0.15, 0.2) is 0 Å². The number of halogens is 2. The second kappa shape index (κ2) is 15.9. The van der Waals surface area contributed by atoms with Gasteiger partial charge in [-0.1, -0.05) is 26.1 Å². The number of unbranched alkanes of at least 4 members (excludes halogenated alkanes) is 1. The summed E-state index contributed by atoms with van der Waals surface area (Å²) in [6.45, 7) is 2.13. The highest BCUT2D eigenvalue weighted by atomic mass is 35.5. The topological polar surface area (TPSA) is 0 Å². The molecule has 0 saturated heterocycles. The Morgan fingerprint density at radius 1 is 1.29 bits per heavy atom. The first kappa shape index (κ1) is 15.6. The van der Waals surface area contributed by atoms with E-state index in [9.17, 15) is 0 Å². The molecule has 0 rings (SSSR count). The molecule has 0 aromatic carbocycles. The monoisotopic (exact) mass is 140 g/mol. The Morgan fingerprint density at radius 2 is 1.71 bits per heavy atom. The Kier molecular flexibility index (Phi) is 35.6. The molecule has 44 valence electrons. The summed E-state index contributed by atoms with van der Waals surface area (Å²) in [6.07, 6.45) is 3.23. The zero-order chi connectivity index (χ0) is 4.12.